The molecule has 2 unspecified atom stereocenters. The first-order valence-corrected chi connectivity index (χ1v) is 12.5. The van der Waals surface area contributed by atoms with Crippen molar-refractivity contribution in [3.05, 3.63) is 47.5 Å². The van der Waals surface area contributed by atoms with Gasteiger partial charge in [-0.1, -0.05) is 29.8 Å². The lowest BCUT2D eigenvalue weighted by atomic mass is 10.2. The van der Waals surface area contributed by atoms with Crippen LogP contribution < -0.4 is 4.72 Å². The van der Waals surface area contributed by atoms with E-state index in [2.05, 4.69) is 41.6 Å². The Bertz CT molecular complexity index is 1320. The summed E-state index contributed by atoms with van der Waals surface area (Å²) in [5.74, 6) is 1.93. The van der Waals surface area contributed by atoms with Gasteiger partial charge in [0.1, 0.15) is 11.8 Å². The molecule has 35 heavy (non-hydrogen) atoms. The molecule has 10 nitrogen and oxygen atoms in total. The van der Waals surface area contributed by atoms with Crippen LogP contribution in [0.15, 0.2) is 36.7 Å². The summed E-state index contributed by atoms with van der Waals surface area (Å²) in [4.78, 5) is 8.64. The largest absolute Gasteiger partial charge is 0.382 e. The highest BCUT2D eigenvalue weighted by atomic mass is 35.5. The van der Waals surface area contributed by atoms with Crippen molar-refractivity contribution in [3.63, 3.8) is 0 Å². The van der Waals surface area contributed by atoms with E-state index in [9.17, 15) is 0 Å². The van der Waals surface area contributed by atoms with Gasteiger partial charge in [-0.2, -0.15) is 5.10 Å². The predicted octanol–water partition coefficient (Wildman–Crippen LogP) is 4.25. The Morgan fingerprint density at radius 3 is 2.60 bits per heavy atom. The molecule has 0 amide bonds. The van der Waals surface area contributed by atoms with Crippen LogP contribution in [0.25, 0.3) is 22.4 Å². The number of rotatable bonds is 10. The van der Waals surface area contributed by atoms with E-state index < -0.39 is 0 Å². The van der Waals surface area contributed by atoms with Gasteiger partial charge in [-0.15, -0.1) is 10.2 Å². The van der Waals surface area contributed by atoms with E-state index in [0.29, 0.717) is 23.4 Å². The van der Waals surface area contributed by atoms with Gasteiger partial charge in [0.25, 0.3) is 0 Å². The van der Waals surface area contributed by atoms with Gasteiger partial charge in [0.2, 0.25) is 5.95 Å². The number of hydrogen-bond acceptors (Lipinski definition) is 9. The van der Waals surface area contributed by atoms with Crippen molar-refractivity contribution >= 4 is 40.4 Å². The smallest absolute Gasteiger partial charge is 0.235 e. The van der Waals surface area contributed by atoms with Gasteiger partial charge in [0.15, 0.2) is 11.6 Å². The second-order valence-electron chi connectivity index (χ2n) is 8.67. The van der Waals surface area contributed by atoms with Crippen LogP contribution >= 0.6 is 23.5 Å². The molecular weight excluding hydrogens is 488 g/mol. The Morgan fingerprint density at radius 2 is 1.91 bits per heavy atom. The van der Waals surface area contributed by atoms with Gasteiger partial charge in [-0.25, -0.2) is 9.97 Å². The predicted molar refractivity (Wildman–Crippen MR) is 136 cm³/mol. The summed E-state index contributed by atoms with van der Waals surface area (Å²) in [5, 5.41) is 15.4. The molecule has 2 atom stereocenters. The molecule has 4 aromatic rings. The van der Waals surface area contributed by atoms with E-state index in [0.717, 1.165) is 35.3 Å². The van der Waals surface area contributed by atoms with E-state index in [1.54, 1.807) is 26.6 Å². The number of methoxy groups -OCH3 is 2. The molecule has 0 saturated heterocycles. The lowest BCUT2D eigenvalue weighted by Gasteiger charge is -2.23. The molecule has 1 aliphatic carbocycles. The van der Waals surface area contributed by atoms with Crippen molar-refractivity contribution in [2.45, 2.75) is 36.7 Å². The first-order chi connectivity index (χ1) is 17.0. The monoisotopic (exact) mass is 514 g/mol. The van der Waals surface area contributed by atoms with Crippen LogP contribution in [0.5, 0.6) is 0 Å². The van der Waals surface area contributed by atoms with Gasteiger partial charge in [0, 0.05) is 39.0 Å². The maximum absolute atomic E-state index is 5.94. The summed E-state index contributed by atoms with van der Waals surface area (Å²) in [6.07, 6.45) is 4.76. The highest BCUT2D eigenvalue weighted by Crippen LogP contribution is 2.48. The van der Waals surface area contributed by atoms with Gasteiger partial charge < -0.3 is 9.47 Å². The second-order valence-corrected chi connectivity index (χ2v) is 10.3. The molecule has 3 aromatic heterocycles. The zero-order valence-corrected chi connectivity index (χ0v) is 21.5. The number of aryl methyl sites for hydroxylation is 1. The van der Waals surface area contributed by atoms with Gasteiger partial charge in [-0.3, -0.25) is 14.0 Å². The molecule has 1 aliphatic rings. The van der Waals surface area contributed by atoms with Crippen molar-refractivity contribution in [3.8, 4) is 11.5 Å². The van der Waals surface area contributed by atoms with E-state index in [1.807, 2.05) is 30.8 Å². The van der Waals surface area contributed by atoms with Crippen molar-refractivity contribution in [1.29, 1.82) is 0 Å². The van der Waals surface area contributed by atoms with E-state index in [4.69, 9.17) is 26.2 Å². The average Bonchev–Trinajstić information content (AvgIpc) is 3.38. The third kappa shape index (κ3) is 4.49. The van der Waals surface area contributed by atoms with Crippen molar-refractivity contribution in [2.24, 2.45) is 7.05 Å². The van der Waals surface area contributed by atoms with E-state index in [-0.39, 0.29) is 16.9 Å². The van der Waals surface area contributed by atoms with E-state index in [1.165, 1.54) is 11.9 Å². The van der Waals surface area contributed by atoms with Crippen molar-refractivity contribution in [2.75, 3.05) is 25.5 Å². The Morgan fingerprint density at radius 1 is 1.17 bits per heavy atom. The molecule has 1 aromatic carbocycles. The van der Waals surface area contributed by atoms with Crippen LogP contribution in [0.3, 0.4) is 0 Å². The molecule has 1 N–H and O–H groups in total. The molecule has 5 rings (SSSR count). The third-order valence-electron chi connectivity index (χ3n) is 6.26. The minimum absolute atomic E-state index is 0.0389. The van der Waals surface area contributed by atoms with Crippen LogP contribution in [0.2, 0.25) is 5.02 Å². The number of halogens is 1. The number of nitrogens with zero attached hydrogens (tertiary/aromatic N) is 7. The Balaban J connectivity index is 1.47. The number of fused-ring (bicyclic) bond motifs is 1. The fraction of sp³-hybridized carbons (Fsp3) is 0.435. The highest BCUT2D eigenvalue weighted by Gasteiger charge is 2.48. The standard InChI is InChI=1S/C23H27ClN8O2S/c1-14(19(34-4)20-25-11-15(24)12-26-20)35-30-22-28-27-21(32(22)23(9-10-23)13-33-3)18-16-7-5-6-8-17(16)31(2)29-18/h5-8,11-12,14,19H,9-10,13H2,1-4H3,(H,28,30). The van der Waals surface area contributed by atoms with Crippen LogP contribution in [0.4, 0.5) is 5.95 Å². The second kappa shape index (κ2) is 9.73. The molecule has 0 spiro atoms. The molecule has 184 valence electrons. The Kier molecular flexibility index (Phi) is 6.67. The fourth-order valence-electron chi connectivity index (χ4n) is 4.36. The summed E-state index contributed by atoms with van der Waals surface area (Å²) < 4.78 is 18.7. The van der Waals surface area contributed by atoms with Crippen LogP contribution in [0, 0.1) is 0 Å². The van der Waals surface area contributed by atoms with Crippen molar-refractivity contribution < 1.29 is 9.47 Å². The lowest BCUT2D eigenvalue weighted by molar-refractivity contribution is 0.0972. The summed E-state index contributed by atoms with van der Waals surface area (Å²) in [6.45, 7) is 2.61. The SMILES string of the molecule is COCC1(n2c(NSC(C)C(OC)c3ncc(Cl)cn3)nnc2-c2nn(C)c3ccccc23)CC1. The number of anilines is 1. The maximum atomic E-state index is 5.94. The minimum atomic E-state index is -0.339. The first kappa shape index (κ1) is 24.0. The van der Waals surface area contributed by atoms with Crippen LogP contribution in [0.1, 0.15) is 31.7 Å². The summed E-state index contributed by atoms with van der Waals surface area (Å²) >= 11 is 7.42. The molecule has 0 radical (unpaired) electrons. The van der Waals surface area contributed by atoms with Gasteiger partial charge in [0.05, 0.1) is 27.9 Å². The normalized spacial score (nSPS) is 16.4. The molecule has 0 aliphatic heterocycles. The molecule has 3 heterocycles. The van der Waals surface area contributed by atoms with Crippen LogP contribution in [-0.4, -0.2) is 60.6 Å². The zero-order valence-electron chi connectivity index (χ0n) is 20.0. The number of para-hydroxylation sites is 1. The minimum Gasteiger partial charge on any atom is -0.382 e. The van der Waals surface area contributed by atoms with Gasteiger partial charge >= 0.3 is 0 Å². The number of hydrogen-bond donors (Lipinski definition) is 1. The third-order valence-corrected chi connectivity index (χ3v) is 7.37. The zero-order chi connectivity index (χ0) is 24.6. The van der Waals surface area contributed by atoms with Gasteiger partial charge in [-0.05, 0) is 37.8 Å². The quantitative estimate of drug-likeness (QED) is 0.311. The Hall–Kier alpha value is -2.73. The fourth-order valence-corrected chi connectivity index (χ4v) is 5.24. The number of nitrogens with one attached hydrogen (secondary N) is 1. The van der Waals surface area contributed by atoms with E-state index >= 15 is 0 Å². The highest BCUT2D eigenvalue weighted by molar-refractivity contribution is 8.01. The summed E-state index contributed by atoms with van der Waals surface area (Å²) in [6, 6.07) is 8.13. The maximum Gasteiger partial charge on any atom is 0.235 e. The van der Waals surface area contributed by atoms with Crippen LogP contribution in [-0.2, 0) is 22.1 Å². The number of ether oxygens (including phenoxy) is 2. The molecule has 1 fully saturated rings. The summed E-state index contributed by atoms with van der Waals surface area (Å²) in [5.41, 5.74) is 1.63. The molecule has 12 heteroatoms. The number of aromatic nitrogens is 7. The summed E-state index contributed by atoms with van der Waals surface area (Å²) in [7, 11) is 5.30. The Labute approximate surface area is 212 Å². The topological polar surface area (TPSA) is 105 Å². The van der Waals surface area contributed by atoms with Crippen molar-refractivity contribution in [1.82, 2.24) is 34.5 Å². The molecular formula is C23H27ClN8O2S. The average molecular weight is 515 g/mol. The lowest BCUT2D eigenvalue weighted by Crippen LogP contribution is -2.26. The number of benzene rings is 1. The molecule has 0 bridgehead atoms. The first-order valence-electron chi connectivity index (χ1n) is 11.3. The molecule has 1 saturated carbocycles.